The number of benzene rings is 2. The van der Waals surface area contributed by atoms with Gasteiger partial charge in [0.25, 0.3) is 5.69 Å². The molecule has 0 saturated heterocycles. The van der Waals surface area contributed by atoms with Crippen molar-refractivity contribution in [3.8, 4) is 17.6 Å². The van der Waals surface area contributed by atoms with Crippen LogP contribution in [-0.4, -0.2) is 22.1 Å². The molecule has 1 aromatic heterocycles. The molecule has 2 aromatic carbocycles. The van der Waals surface area contributed by atoms with Gasteiger partial charge in [0, 0.05) is 42.2 Å². The molecule has 3 aliphatic rings. The van der Waals surface area contributed by atoms with E-state index in [-0.39, 0.29) is 18.3 Å². The molecule has 1 aliphatic carbocycles. The number of anilines is 1. The van der Waals surface area contributed by atoms with Crippen LogP contribution in [0.3, 0.4) is 0 Å². The molecule has 6 rings (SSSR count). The van der Waals surface area contributed by atoms with Crippen molar-refractivity contribution in [2.75, 3.05) is 11.7 Å². The highest BCUT2D eigenvalue weighted by Crippen LogP contribution is 2.50. The number of ketones is 1. The van der Waals surface area contributed by atoms with Crippen LogP contribution < -0.4 is 14.4 Å². The van der Waals surface area contributed by atoms with Crippen molar-refractivity contribution >= 4 is 23.0 Å². The molecule has 0 spiro atoms. The highest BCUT2D eigenvalue weighted by molar-refractivity contribution is 6.03. The van der Waals surface area contributed by atoms with Crippen LogP contribution in [0.4, 0.5) is 11.4 Å². The first-order valence-electron chi connectivity index (χ1n) is 12.0. The number of hydrogen-bond donors (Lipinski definition) is 0. The number of ether oxygens (including phenoxy) is 2. The van der Waals surface area contributed by atoms with E-state index in [1.54, 1.807) is 12.1 Å². The van der Waals surface area contributed by atoms with Crippen LogP contribution in [0.25, 0.3) is 5.82 Å². The number of rotatable bonds is 4. The third kappa shape index (κ3) is 3.57. The molecule has 0 bridgehead atoms. The third-order valence-corrected chi connectivity index (χ3v) is 7.07. The Morgan fingerprint density at radius 3 is 2.62 bits per heavy atom. The van der Waals surface area contributed by atoms with Gasteiger partial charge in [0.1, 0.15) is 5.82 Å². The average molecular weight is 495 g/mol. The zero-order chi connectivity index (χ0) is 25.7. The summed E-state index contributed by atoms with van der Waals surface area (Å²) in [6.45, 7) is 1.99. The molecular formula is C28H22N4O5. The van der Waals surface area contributed by atoms with Crippen molar-refractivity contribution in [2.45, 2.75) is 32.1 Å². The standard InChI is InChI=1S/C28H22N4O5/c1-17-7-9-19(32(34)35)14-22(17)31-21-5-4-6-23(33)27(21)26(18-8-10-24-25(13-18)37-16-36-24)20(15-29)28(31)30-11-2-3-12-30/h2-3,7-14,26H,4-6,16H2,1H3. The van der Waals surface area contributed by atoms with Gasteiger partial charge in [0.15, 0.2) is 17.3 Å². The summed E-state index contributed by atoms with van der Waals surface area (Å²) >= 11 is 0. The second-order valence-corrected chi connectivity index (χ2v) is 9.19. The zero-order valence-electron chi connectivity index (χ0n) is 20.0. The number of nitro benzene ring substituents is 1. The van der Waals surface area contributed by atoms with Gasteiger partial charge in [-0.3, -0.25) is 19.8 Å². The summed E-state index contributed by atoms with van der Waals surface area (Å²) in [6.07, 6.45) is 5.28. The lowest BCUT2D eigenvalue weighted by molar-refractivity contribution is -0.384. The summed E-state index contributed by atoms with van der Waals surface area (Å²) in [5.74, 6) is 1.09. The number of fused-ring (bicyclic) bond motifs is 1. The van der Waals surface area contributed by atoms with Crippen molar-refractivity contribution in [1.29, 1.82) is 5.26 Å². The van der Waals surface area contributed by atoms with Gasteiger partial charge in [0.05, 0.1) is 28.2 Å². The molecule has 0 saturated carbocycles. The molecule has 3 aromatic rings. The molecule has 0 amide bonds. The number of carbonyl (C=O) groups excluding carboxylic acids is 1. The molecule has 9 nitrogen and oxygen atoms in total. The minimum absolute atomic E-state index is 0.0312. The molecule has 0 fully saturated rings. The van der Waals surface area contributed by atoms with Crippen LogP contribution in [0.1, 0.15) is 36.3 Å². The first-order valence-corrected chi connectivity index (χ1v) is 12.0. The fraction of sp³-hybridized carbons (Fsp3) is 0.214. The Bertz CT molecular complexity index is 1560. The van der Waals surface area contributed by atoms with Gasteiger partial charge in [-0.1, -0.05) is 12.1 Å². The maximum Gasteiger partial charge on any atom is 0.271 e. The van der Waals surface area contributed by atoms with Crippen molar-refractivity contribution in [2.24, 2.45) is 0 Å². The van der Waals surface area contributed by atoms with Gasteiger partial charge in [-0.05, 0) is 55.2 Å². The number of hydrogen-bond acceptors (Lipinski definition) is 7. The summed E-state index contributed by atoms with van der Waals surface area (Å²) < 4.78 is 12.9. The lowest BCUT2D eigenvalue weighted by Crippen LogP contribution is -2.37. The molecule has 184 valence electrons. The van der Waals surface area contributed by atoms with E-state index in [0.29, 0.717) is 53.4 Å². The third-order valence-electron chi connectivity index (χ3n) is 7.07. The summed E-state index contributed by atoms with van der Waals surface area (Å²) in [6, 6.07) is 16.3. The maximum absolute atomic E-state index is 13.6. The Morgan fingerprint density at radius 2 is 1.86 bits per heavy atom. The Kier molecular flexibility index (Phi) is 5.30. The Labute approximate surface area is 212 Å². The van der Waals surface area contributed by atoms with E-state index in [1.807, 2.05) is 53.0 Å². The second kappa shape index (κ2) is 8.68. The smallest absolute Gasteiger partial charge is 0.271 e. The highest BCUT2D eigenvalue weighted by Gasteiger charge is 2.42. The predicted molar refractivity (Wildman–Crippen MR) is 135 cm³/mol. The molecular weight excluding hydrogens is 472 g/mol. The number of nitriles is 1. The first-order chi connectivity index (χ1) is 18.0. The van der Waals surface area contributed by atoms with E-state index in [9.17, 15) is 20.2 Å². The highest BCUT2D eigenvalue weighted by atomic mass is 16.7. The summed E-state index contributed by atoms with van der Waals surface area (Å²) in [5, 5.41) is 22.3. The number of non-ortho nitro benzene ring substituents is 1. The van der Waals surface area contributed by atoms with Crippen LogP contribution in [0.5, 0.6) is 11.5 Å². The SMILES string of the molecule is Cc1ccc([N+](=O)[O-])cc1N1C2=C(C(=O)CCC2)C(c2ccc3c(c2)OCO3)C(C#N)=C1n1cccc1. The van der Waals surface area contributed by atoms with Gasteiger partial charge in [-0.15, -0.1) is 0 Å². The number of aryl methyl sites for hydroxylation is 1. The molecule has 3 heterocycles. The van der Waals surface area contributed by atoms with Crippen LogP contribution >= 0.6 is 0 Å². The Hall–Kier alpha value is -4.84. The maximum atomic E-state index is 13.6. The number of nitrogens with zero attached hydrogens (tertiary/aromatic N) is 4. The van der Waals surface area contributed by atoms with Crippen molar-refractivity contribution < 1.29 is 19.2 Å². The second-order valence-electron chi connectivity index (χ2n) is 9.19. The van der Waals surface area contributed by atoms with Crippen molar-refractivity contribution in [3.05, 3.63) is 99.0 Å². The lowest BCUT2D eigenvalue weighted by atomic mass is 9.75. The molecule has 9 heteroatoms. The van der Waals surface area contributed by atoms with Crippen molar-refractivity contribution in [3.63, 3.8) is 0 Å². The van der Waals surface area contributed by atoms with E-state index in [1.165, 1.54) is 12.1 Å². The fourth-order valence-electron chi connectivity index (χ4n) is 5.41. The lowest BCUT2D eigenvalue weighted by Gasteiger charge is -2.41. The minimum atomic E-state index is -0.616. The topological polar surface area (TPSA) is 111 Å². The van der Waals surface area contributed by atoms with E-state index in [0.717, 1.165) is 16.8 Å². The van der Waals surface area contributed by atoms with Gasteiger partial charge >= 0.3 is 0 Å². The predicted octanol–water partition coefficient (Wildman–Crippen LogP) is 5.44. The summed E-state index contributed by atoms with van der Waals surface area (Å²) in [4.78, 5) is 26.7. The number of carbonyl (C=O) groups is 1. The molecule has 2 aliphatic heterocycles. The van der Waals surface area contributed by atoms with Gasteiger partial charge in [-0.2, -0.15) is 5.26 Å². The molecule has 0 radical (unpaired) electrons. The summed E-state index contributed by atoms with van der Waals surface area (Å²) in [5.41, 5.74) is 3.72. The number of aromatic nitrogens is 1. The average Bonchev–Trinajstić information content (AvgIpc) is 3.60. The monoisotopic (exact) mass is 494 g/mol. The van der Waals surface area contributed by atoms with Crippen LogP contribution in [0, 0.1) is 28.4 Å². The Balaban J connectivity index is 1.67. The summed E-state index contributed by atoms with van der Waals surface area (Å²) in [7, 11) is 0. The van der Waals surface area contributed by atoms with Crippen LogP contribution in [-0.2, 0) is 4.79 Å². The van der Waals surface area contributed by atoms with E-state index in [4.69, 9.17) is 9.47 Å². The van der Waals surface area contributed by atoms with E-state index in [2.05, 4.69) is 6.07 Å². The largest absolute Gasteiger partial charge is 0.454 e. The molecule has 1 unspecified atom stereocenters. The number of nitro groups is 1. The fourth-order valence-corrected chi connectivity index (χ4v) is 5.41. The van der Waals surface area contributed by atoms with Crippen LogP contribution in [0.2, 0.25) is 0 Å². The normalized spacial score (nSPS) is 18.6. The van der Waals surface area contributed by atoms with Gasteiger partial charge in [-0.25, -0.2) is 0 Å². The Morgan fingerprint density at radius 1 is 1.08 bits per heavy atom. The zero-order valence-corrected chi connectivity index (χ0v) is 20.0. The van der Waals surface area contributed by atoms with Crippen LogP contribution in [0.15, 0.2) is 77.8 Å². The van der Waals surface area contributed by atoms with E-state index < -0.39 is 10.8 Å². The molecule has 0 N–H and O–H groups in total. The van der Waals surface area contributed by atoms with E-state index >= 15 is 0 Å². The number of Topliss-reactive ketones (excluding diaryl/α,β-unsaturated/α-hetero) is 1. The first kappa shape index (κ1) is 22.6. The van der Waals surface area contributed by atoms with Gasteiger partial charge < -0.3 is 14.0 Å². The van der Waals surface area contributed by atoms with Crippen molar-refractivity contribution in [1.82, 2.24) is 4.57 Å². The quantitative estimate of drug-likeness (QED) is 0.351. The number of allylic oxidation sites excluding steroid dienone is 3. The van der Waals surface area contributed by atoms with Gasteiger partial charge in [0.2, 0.25) is 6.79 Å². The molecule has 37 heavy (non-hydrogen) atoms. The molecule has 1 atom stereocenters. The minimum Gasteiger partial charge on any atom is -0.454 e.